The lowest BCUT2D eigenvalue weighted by Crippen LogP contribution is -2.13. The van der Waals surface area contributed by atoms with Gasteiger partial charge in [-0.05, 0) is 60.5 Å². The molecule has 0 radical (unpaired) electrons. The van der Waals surface area contributed by atoms with Gasteiger partial charge in [-0.3, -0.25) is 14.9 Å². The number of benzene rings is 3. The standard InChI is InChI=1S/C25H20BrN3O5/c1-2-33-23-13-18(12-19(15-27)25(30)28-20-6-4-3-5-7-20)22(26)14-24(23)34-16-17-8-10-21(11-9-17)29(31)32/h3-14H,2,16H2,1H3,(H,28,30)/b19-12+. The highest BCUT2D eigenvalue weighted by Crippen LogP contribution is 2.35. The van der Waals surface area contributed by atoms with Crippen molar-refractivity contribution < 1.29 is 19.2 Å². The van der Waals surface area contributed by atoms with Gasteiger partial charge in [-0.1, -0.05) is 34.1 Å². The lowest BCUT2D eigenvalue weighted by molar-refractivity contribution is -0.384. The lowest BCUT2D eigenvalue weighted by atomic mass is 10.1. The van der Waals surface area contributed by atoms with Crippen molar-refractivity contribution >= 4 is 39.3 Å². The molecule has 3 aromatic carbocycles. The summed E-state index contributed by atoms with van der Waals surface area (Å²) in [4.78, 5) is 22.9. The number of hydrogen-bond donors (Lipinski definition) is 1. The molecule has 0 fully saturated rings. The molecular formula is C25H20BrN3O5. The van der Waals surface area contributed by atoms with Gasteiger partial charge in [0.2, 0.25) is 0 Å². The summed E-state index contributed by atoms with van der Waals surface area (Å²) in [5.74, 6) is 0.341. The Morgan fingerprint density at radius 3 is 2.41 bits per heavy atom. The van der Waals surface area contributed by atoms with E-state index in [1.165, 1.54) is 18.2 Å². The van der Waals surface area contributed by atoms with Crippen LogP contribution in [0.3, 0.4) is 0 Å². The van der Waals surface area contributed by atoms with Crippen molar-refractivity contribution in [1.29, 1.82) is 5.26 Å². The number of nitrogens with one attached hydrogen (secondary N) is 1. The number of halogens is 1. The molecule has 0 bridgehead atoms. The molecule has 0 heterocycles. The average molecular weight is 522 g/mol. The van der Waals surface area contributed by atoms with Crippen molar-refractivity contribution in [3.63, 3.8) is 0 Å². The summed E-state index contributed by atoms with van der Waals surface area (Å²) < 4.78 is 12.2. The van der Waals surface area contributed by atoms with Gasteiger partial charge in [0.05, 0.1) is 11.5 Å². The first-order valence-electron chi connectivity index (χ1n) is 10.2. The van der Waals surface area contributed by atoms with Gasteiger partial charge in [-0.25, -0.2) is 0 Å². The van der Waals surface area contributed by atoms with Gasteiger partial charge in [-0.2, -0.15) is 5.26 Å². The number of anilines is 1. The second-order valence-corrected chi connectivity index (χ2v) is 7.81. The summed E-state index contributed by atoms with van der Waals surface area (Å²) in [5.41, 5.74) is 1.81. The van der Waals surface area contributed by atoms with Crippen LogP contribution in [-0.2, 0) is 11.4 Å². The Labute approximate surface area is 204 Å². The molecule has 0 aliphatic heterocycles. The molecule has 1 N–H and O–H groups in total. The van der Waals surface area contributed by atoms with E-state index in [0.29, 0.717) is 33.8 Å². The summed E-state index contributed by atoms with van der Waals surface area (Å²) in [6.45, 7) is 2.37. The first kappa shape index (κ1) is 24.5. The van der Waals surface area contributed by atoms with Gasteiger partial charge in [0.15, 0.2) is 11.5 Å². The fourth-order valence-corrected chi connectivity index (χ4v) is 3.38. The van der Waals surface area contributed by atoms with Crippen molar-refractivity contribution in [2.45, 2.75) is 13.5 Å². The Kier molecular flexibility index (Phi) is 8.37. The number of carbonyl (C=O) groups excluding carboxylic acids is 1. The fraction of sp³-hybridized carbons (Fsp3) is 0.120. The maximum atomic E-state index is 12.5. The fourth-order valence-electron chi connectivity index (χ4n) is 2.94. The van der Waals surface area contributed by atoms with Gasteiger partial charge in [0.1, 0.15) is 18.2 Å². The maximum absolute atomic E-state index is 12.5. The number of amides is 1. The zero-order valence-corrected chi connectivity index (χ0v) is 19.7. The summed E-state index contributed by atoms with van der Waals surface area (Å²) in [7, 11) is 0. The molecule has 8 nitrogen and oxygen atoms in total. The molecule has 1 amide bonds. The molecule has 0 aromatic heterocycles. The summed E-state index contributed by atoms with van der Waals surface area (Å²) in [6.07, 6.45) is 1.46. The summed E-state index contributed by atoms with van der Waals surface area (Å²) in [6, 6.07) is 20.2. The van der Waals surface area contributed by atoms with Crippen LogP contribution in [0.2, 0.25) is 0 Å². The Morgan fingerprint density at radius 1 is 1.12 bits per heavy atom. The van der Waals surface area contributed by atoms with E-state index in [2.05, 4.69) is 21.2 Å². The van der Waals surface area contributed by atoms with Crippen LogP contribution in [0, 0.1) is 21.4 Å². The zero-order chi connectivity index (χ0) is 24.5. The minimum Gasteiger partial charge on any atom is -0.490 e. The molecule has 172 valence electrons. The SMILES string of the molecule is CCOc1cc(/C=C(\C#N)C(=O)Nc2ccccc2)c(Br)cc1OCc1ccc([N+](=O)[O-])cc1. The number of hydrogen-bond acceptors (Lipinski definition) is 6. The van der Waals surface area contributed by atoms with Gasteiger partial charge in [0.25, 0.3) is 11.6 Å². The summed E-state index contributed by atoms with van der Waals surface area (Å²) in [5, 5.41) is 23.0. The first-order valence-corrected chi connectivity index (χ1v) is 11.0. The van der Waals surface area contributed by atoms with Crippen molar-refractivity contribution in [3.05, 3.63) is 98.0 Å². The Bertz CT molecular complexity index is 1250. The van der Waals surface area contributed by atoms with Gasteiger partial charge in [-0.15, -0.1) is 0 Å². The van der Waals surface area contributed by atoms with Crippen LogP contribution < -0.4 is 14.8 Å². The van der Waals surface area contributed by atoms with Crippen molar-refractivity contribution in [1.82, 2.24) is 0 Å². The third-order valence-electron chi connectivity index (χ3n) is 4.60. The number of rotatable bonds is 9. The highest BCUT2D eigenvalue weighted by Gasteiger charge is 2.14. The highest BCUT2D eigenvalue weighted by atomic mass is 79.9. The van der Waals surface area contributed by atoms with Crippen LogP contribution in [-0.4, -0.2) is 17.4 Å². The van der Waals surface area contributed by atoms with Gasteiger partial charge >= 0.3 is 0 Å². The number of nitro groups is 1. The number of nitriles is 1. The maximum Gasteiger partial charge on any atom is 0.269 e. The van der Waals surface area contributed by atoms with E-state index < -0.39 is 10.8 Å². The van der Waals surface area contributed by atoms with E-state index in [1.54, 1.807) is 48.5 Å². The number of non-ortho nitro benzene ring substituents is 1. The molecule has 0 unspecified atom stereocenters. The highest BCUT2D eigenvalue weighted by molar-refractivity contribution is 9.10. The quantitative estimate of drug-likeness (QED) is 0.162. The Morgan fingerprint density at radius 2 is 1.79 bits per heavy atom. The molecule has 34 heavy (non-hydrogen) atoms. The Balaban J connectivity index is 1.82. The van der Waals surface area contributed by atoms with E-state index in [9.17, 15) is 20.2 Å². The first-order chi connectivity index (χ1) is 16.4. The van der Waals surface area contributed by atoms with Crippen LogP contribution in [0.1, 0.15) is 18.1 Å². The van der Waals surface area contributed by atoms with E-state index in [4.69, 9.17) is 9.47 Å². The minimum absolute atomic E-state index is 0.00207. The van der Waals surface area contributed by atoms with Crippen LogP contribution in [0.4, 0.5) is 11.4 Å². The second-order valence-electron chi connectivity index (χ2n) is 6.96. The third-order valence-corrected chi connectivity index (χ3v) is 5.29. The van der Waals surface area contributed by atoms with Crippen LogP contribution in [0.5, 0.6) is 11.5 Å². The number of nitrogens with zero attached hydrogens (tertiary/aromatic N) is 2. The molecule has 0 spiro atoms. The van der Waals surface area contributed by atoms with Gasteiger partial charge < -0.3 is 14.8 Å². The molecule has 0 aliphatic rings. The van der Waals surface area contributed by atoms with Crippen LogP contribution in [0.15, 0.2) is 76.8 Å². The van der Waals surface area contributed by atoms with E-state index in [1.807, 2.05) is 19.1 Å². The minimum atomic E-state index is -0.531. The van der Waals surface area contributed by atoms with Crippen LogP contribution in [0.25, 0.3) is 6.08 Å². The molecule has 9 heteroatoms. The van der Waals surface area contributed by atoms with Crippen molar-refractivity contribution in [2.75, 3.05) is 11.9 Å². The molecule has 3 aromatic rings. The molecular weight excluding hydrogens is 502 g/mol. The van der Waals surface area contributed by atoms with E-state index >= 15 is 0 Å². The third kappa shape index (κ3) is 6.43. The topological polar surface area (TPSA) is 114 Å². The number of ether oxygens (including phenoxy) is 2. The Hall–Kier alpha value is -4.16. The molecule has 0 saturated heterocycles. The monoisotopic (exact) mass is 521 g/mol. The van der Waals surface area contributed by atoms with E-state index in [0.717, 1.165) is 5.56 Å². The predicted molar refractivity (Wildman–Crippen MR) is 131 cm³/mol. The predicted octanol–water partition coefficient (Wildman–Crippen LogP) is 5.88. The molecule has 3 rings (SSSR count). The average Bonchev–Trinajstić information content (AvgIpc) is 2.84. The number of carbonyl (C=O) groups is 1. The van der Waals surface area contributed by atoms with Crippen molar-refractivity contribution in [3.8, 4) is 17.6 Å². The lowest BCUT2D eigenvalue weighted by Gasteiger charge is -2.14. The number of para-hydroxylation sites is 1. The smallest absolute Gasteiger partial charge is 0.269 e. The molecule has 0 aliphatic carbocycles. The second kappa shape index (κ2) is 11.6. The molecule has 0 atom stereocenters. The largest absolute Gasteiger partial charge is 0.490 e. The van der Waals surface area contributed by atoms with Crippen molar-refractivity contribution in [2.24, 2.45) is 0 Å². The zero-order valence-electron chi connectivity index (χ0n) is 18.2. The number of nitro benzene ring substituents is 1. The van der Waals surface area contributed by atoms with Crippen LogP contribution >= 0.6 is 15.9 Å². The normalized spacial score (nSPS) is 10.8. The summed E-state index contributed by atoms with van der Waals surface area (Å²) >= 11 is 3.46. The molecule has 0 saturated carbocycles. The van der Waals surface area contributed by atoms with Gasteiger partial charge in [0, 0.05) is 22.3 Å². The van der Waals surface area contributed by atoms with E-state index in [-0.39, 0.29) is 17.9 Å².